The van der Waals surface area contributed by atoms with Gasteiger partial charge in [-0.25, -0.2) is 0 Å². The molecule has 8 heteroatoms. The highest BCUT2D eigenvalue weighted by atomic mass is 32.2. The highest BCUT2D eigenvalue weighted by molar-refractivity contribution is 7.99. The van der Waals surface area contributed by atoms with Crippen LogP contribution in [0.15, 0.2) is 374 Å². The van der Waals surface area contributed by atoms with Crippen LogP contribution >= 0.6 is 11.8 Å². The summed E-state index contributed by atoms with van der Waals surface area (Å²) in [6.07, 6.45) is 0. The maximum atomic E-state index is 6.28. The molecular formula is C108H84N6OS. The summed E-state index contributed by atoms with van der Waals surface area (Å²) in [5.41, 5.74) is 36.5. The lowest BCUT2D eigenvalue weighted by Crippen LogP contribution is -2.30. The van der Waals surface area contributed by atoms with E-state index in [1.54, 1.807) is 0 Å². The normalized spacial score (nSPS) is 15.0. The third-order valence-electron chi connectivity index (χ3n) is 25.6. The largest absolute Gasteiger partial charge is 0.453 e. The molecule has 0 bridgehead atoms. The number of hydrogen-bond donors (Lipinski definition) is 0. The summed E-state index contributed by atoms with van der Waals surface area (Å²) in [5, 5.41) is 3.91. The molecule has 116 heavy (non-hydrogen) atoms. The van der Waals surface area contributed by atoms with Gasteiger partial charge in [0.15, 0.2) is 11.5 Å². The molecule has 3 aromatic heterocycles. The Morgan fingerprint density at radius 1 is 0.224 bits per heavy atom. The van der Waals surface area contributed by atoms with Gasteiger partial charge in [0.05, 0.1) is 67.8 Å². The number of hydrogen-bond acceptors (Lipinski definition) is 5. The molecule has 0 radical (unpaired) electrons. The molecular weight excluding hydrogens is 1430 g/mol. The van der Waals surface area contributed by atoms with Crippen molar-refractivity contribution in [2.24, 2.45) is 0 Å². The second-order valence-corrected chi connectivity index (χ2v) is 34.6. The Bertz CT molecular complexity index is 6640. The summed E-state index contributed by atoms with van der Waals surface area (Å²) in [6, 6.07) is 132. The molecule has 24 rings (SSSR count). The van der Waals surface area contributed by atoms with Gasteiger partial charge in [-0.1, -0.05) is 279 Å². The van der Waals surface area contributed by atoms with Crippen molar-refractivity contribution in [2.45, 2.75) is 86.8 Å². The lowest BCUT2D eigenvalue weighted by molar-refractivity contribution is 0.477. The molecule has 3 aliphatic heterocycles. The second-order valence-electron chi connectivity index (χ2n) is 33.5. The number of anilines is 9. The summed E-state index contributed by atoms with van der Waals surface area (Å²) in [7, 11) is 0. The minimum atomic E-state index is -0.121. The SMILES string of the molecule is CC1(C)c2ccccc2-c2c1c1cc(N3c4ccccc4Oc4ccccc43)ccc1n2-c1ccccc1.CC1(C)c2ccccc2-c2c1c1cc(N3c4ccccc4Sc4ccccc43)ccc1n2-c1ccccc1.CC1(C)c2ccccc2N(c2ccc3c(c2)c2c(n3-c3ccccc3)-c3ccccc3C2(C)C)c2ccccc21. The van der Waals surface area contributed by atoms with Gasteiger partial charge in [-0.15, -0.1) is 0 Å². The maximum absolute atomic E-state index is 6.28. The molecule has 15 aromatic carbocycles. The number of rotatable bonds is 6. The van der Waals surface area contributed by atoms with Gasteiger partial charge >= 0.3 is 0 Å². The molecule has 6 heterocycles. The van der Waals surface area contributed by atoms with Gasteiger partial charge in [0.2, 0.25) is 0 Å². The van der Waals surface area contributed by atoms with Crippen molar-refractivity contribution in [1.29, 1.82) is 0 Å². The first-order valence-electron chi connectivity index (χ1n) is 40.5. The number of para-hydroxylation sites is 11. The van der Waals surface area contributed by atoms with E-state index >= 15 is 0 Å². The van der Waals surface area contributed by atoms with Crippen molar-refractivity contribution in [3.8, 4) is 62.3 Å². The fourth-order valence-corrected chi connectivity index (χ4v) is 21.5. The Morgan fingerprint density at radius 2 is 0.491 bits per heavy atom. The standard InChI is InChI=1S/C38H32N2.C35H26N2O.C35H26N2S/c1-37(2)30-18-10-12-20-33(30)39(34-21-13-11-19-31(34)37)26-22-23-32-28(24-26)35-36(40(32)25-14-6-5-7-15-25)27-16-8-9-17-29(27)38(35,3)4;2*1-35(2)27-15-7-6-14-25(27)34-33(35)26-22-24(20-21-28(26)37(34)23-12-4-3-5-13-23)36-29-16-8-10-18-31(29)38-32-19-11-9-17-30(32)36/h5-24H,1-4H3;2*3-22H,1-2H3. The van der Waals surface area contributed by atoms with Crippen molar-refractivity contribution in [2.75, 3.05) is 14.7 Å². The fraction of sp³-hybridized carbons (Fsp3) is 0.111. The first-order valence-corrected chi connectivity index (χ1v) is 41.3. The van der Waals surface area contributed by atoms with Crippen LogP contribution in [0.3, 0.4) is 0 Å². The van der Waals surface area contributed by atoms with Crippen LogP contribution in [0.1, 0.15) is 99.9 Å². The van der Waals surface area contributed by atoms with Crippen LogP contribution in [0.2, 0.25) is 0 Å². The van der Waals surface area contributed by atoms with Gasteiger partial charge in [0, 0.05) is 98.4 Å². The first kappa shape index (κ1) is 69.2. The number of ether oxygens (including phenoxy) is 1. The minimum absolute atomic E-state index is 0.0741. The molecule has 0 N–H and O–H groups in total. The summed E-state index contributed by atoms with van der Waals surface area (Å²) in [4.78, 5) is 9.80. The molecule has 18 aromatic rings. The number of benzene rings is 15. The number of aromatic nitrogens is 3. The van der Waals surface area contributed by atoms with Crippen molar-refractivity contribution >= 4 is 95.7 Å². The van der Waals surface area contributed by atoms with E-state index in [4.69, 9.17) is 4.74 Å². The van der Waals surface area contributed by atoms with Crippen molar-refractivity contribution < 1.29 is 4.74 Å². The second kappa shape index (κ2) is 26.0. The van der Waals surface area contributed by atoms with Gasteiger partial charge in [-0.2, -0.15) is 0 Å². The zero-order chi connectivity index (χ0) is 78.1. The Morgan fingerprint density at radius 3 is 0.845 bits per heavy atom. The predicted molar refractivity (Wildman–Crippen MR) is 483 cm³/mol. The van der Waals surface area contributed by atoms with Crippen molar-refractivity contribution in [3.05, 3.63) is 408 Å². The Hall–Kier alpha value is -13.5. The van der Waals surface area contributed by atoms with Crippen LogP contribution in [0.25, 0.3) is 83.5 Å². The van der Waals surface area contributed by atoms with Crippen molar-refractivity contribution in [3.63, 3.8) is 0 Å². The van der Waals surface area contributed by atoms with Gasteiger partial charge in [0.25, 0.3) is 0 Å². The lowest BCUT2D eigenvalue weighted by Gasteiger charge is -2.42. The van der Waals surface area contributed by atoms with E-state index in [1.165, 1.54) is 172 Å². The molecule has 6 aliphatic rings. The van der Waals surface area contributed by atoms with E-state index in [0.717, 1.165) is 28.6 Å². The average molecular weight is 1510 g/mol. The molecule has 0 spiro atoms. The van der Waals surface area contributed by atoms with E-state index in [-0.39, 0.29) is 21.7 Å². The van der Waals surface area contributed by atoms with Gasteiger partial charge in [0.1, 0.15) is 0 Å². The third-order valence-corrected chi connectivity index (χ3v) is 26.7. The lowest BCUT2D eigenvalue weighted by atomic mass is 9.73. The molecule has 7 nitrogen and oxygen atoms in total. The Balaban J connectivity index is 0.000000106. The average Bonchev–Trinajstić information content (AvgIpc) is 1.50. The topological polar surface area (TPSA) is 33.7 Å². The van der Waals surface area contributed by atoms with Crippen LogP contribution < -0.4 is 19.4 Å². The maximum Gasteiger partial charge on any atom is 0.151 e. The van der Waals surface area contributed by atoms with E-state index < -0.39 is 0 Å². The molecule has 0 atom stereocenters. The van der Waals surface area contributed by atoms with Crippen molar-refractivity contribution in [1.82, 2.24) is 13.7 Å². The molecule has 3 aliphatic carbocycles. The zero-order valence-electron chi connectivity index (χ0n) is 66.1. The van der Waals surface area contributed by atoms with E-state index in [2.05, 4.69) is 424 Å². The quantitative estimate of drug-likeness (QED) is 0.166. The third kappa shape index (κ3) is 10.2. The number of nitrogens with zero attached hydrogens (tertiary/aromatic N) is 6. The fourth-order valence-electron chi connectivity index (χ4n) is 20.5. The van der Waals surface area contributed by atoms with Gasteiger partial charge in [-0.3, -0.25) is 0 Å². The number of fused-ring (bicyclic) bond motifs is 21. The van der Waals surface area contributed by atoms with Gasteiger partial charge in [-0.05, 0) is 196 Å². The minimum Gasteiger partial charge on any atom is -0.453 e. The summed E-state index contributed by atoms with van der Waals surface area (Å²) < 4.78 is 13.7. The summed E-state index contributed by atoms with van der Waals surface area (Å²) in [5.74, 6) is 1.73. The monoisotopic (exact) mass is 1510 g/mol. The zero-order valence-corrected chi connectivity index (χ0v) is 67.0. The van der Waals surface area contributed by atoms with Gasteiger partial charge < -0.3 is 33.1 Å². The van der Waals surface area contributed by atoms with E-state index in [9.17, 15) is 0 Å². The Kier molecular flexibility index (Phi) is 15.5. The molecule has 0 amide bonds. The van der Waals surface area contributed by atoms with Crippen LogP contribution in [0, 0.1) is 0 Å². The smallest absolute Gasteiger partial charge is 0.151 e. The van der Waals surface area contributed by atoms with Crippen LogP contribution in [-0.4, -0.2) is 13.7 Å². The molecule has 558 valence electrons. The Labute approximate surface area is 681 Å². The summed E-state index contributed by atoms with van der Waals surface area (Å²) >= 11 is 1.85. The van der Waals surface area contributed by atoms with Crippen LogP contribution in [0.5, 0.6) is 11.5 Å². The summed E-state index contributed by atoms with van der Waals surface area (Å²) in [6.45, 7) is 18.9. The highest BCUT2D eigenvalue weighted by Gasteiger charge is 2.45. The van der Waals surface area contributed by atoms with Crippen LogP contribution in [-0.2, 0) is 21.7 Å². The molecule has 0 saturated heterocycles. The molecule has 0 saturated carbocycles. The molecule has 0 unspecified atom stereocenters. The first-order chi connectivity index (χ1) is 56.6. The molecule has 0 fully saturated rings. The highest BCUT2D eigenvalue weighted by Crippen LogP contribution is 2.61. The van der Waals surface area contributed by atoms with E-state index in [1.807, 2.05) is 36.0 Å². The van der Waals surface area contributed by atoms with E-state index in [0.29, 0.717) is 0 Å². The van der Waals surface area contributed by atoms with Crippen LogP contribution in [0.4, 0.5) is 51.2 Å². The predicted octanol–water partition coefficient (Wildman–Crippen LogP) is 29.4.